The fourth-order valence-electron chi connectivity index (χ4n) is 3.01. The first-order valence-corrected chi connectivity index (χ1v) is 8.36. The van der Waals surface area contributed by atoms with E-state index in [0.717, 1.165) is 0 Å². The summed E-state index contributed by atoms with van der Waals surface area (Å²) < 4.78 is 10.5. The van der Waals surface area contributed by atoms with Gasteiger partial charge in [-0.3, -0.25) is 14.4 Å². The number of carboxylic acids is 1. The first kappa shape index (κ1) is 19.6. The molecule has 0 spiro atoms. The molecule has 8 nitrogen and oxygen atoms in total. The van der Waals surface area contributed by atoms with Crippen LogP contribution in [-0.2, 0) is 9.59 Å². The second-order valence-corrected chi connectivity index (χ2v) is 6.20. The number of ether oxygens (including phenoxy) is 2. The van der Waals surface area contributed by atoms with Gasteiger partial charge in [-0.05, 0) is 25.0 Å². The third kappa shape index (κ3) is 4.25. The molecule has 1 heterocycles. The lowest BCUT2D eigenvalue weighted by atomic mass is 9.97. The summed E-state index contributed by atoms with van der Waals surface area (Å²) in [7, 11) is 4.48. The molecule has 0 atom stereocenters. The topological polar surface area (TPSA) is 96.4 Å². The molecule has 1 N–H and O–H groups in total. The number of para-hydroxylation sites is 1. The van der Waals surface area contributed by atoms with Crippen LogP contribution in [0.1, 0.15) is 23.2 Å². The number of hydrogen-bond acceptors (Lipinski definition) is 5. The van der Waals surface area contributed by atoms with E-state index in [1.54, 1.807) is 30.1 Å². The molecule has 0 unspecified atom stereocenters. The molecule has 142 valence electrons. The van der Waals surface area contributed by atoms with Gasteiger partial charge in [-0.2, -0.15) is 0 Å². The lowest BCUT2D eigenvalue weighted by molar-refractivity contribution is -0.145. The van der Waals surface area contributed by atoms with Gasteiger partial charge in [0.25, 0.3) is 5.91 Å². The van der Waals surface area contributed by atoms with Crippen molar-refractivity contribution >= 4 is 17.8 Å². The van der Waals surface area contributed by atoms with Crippen molar-refractivity contribution in [2.75, 3.05) is 40.9 Å². The van der Waals surface area contributed by atoms with Crippen LogP contribution in [0.25, 0.3) is 0 Å². The van der Waals surface area contributed by atoms with Crippen molar-refractivity contribution in [3.05, 3.63) is 23.8 Å². The molecule has 0 saturated carbocycles. The van der Waals surface area contributed by atoms with Crippen LogP contribution in [0, 0.1) is 5.92 Å². The SMILES string of the molecule is COc1cccc(C(=O)N(C)CC(=O)N2CCC(C(=O)O)CC2)c1OC. The van der Waals surface area contributed by atoms with Gasteiger partial charge in [0.05, 0.1) is 32.2 Å². The molecule has 26 heavy (non-hydrogen) atoms. The Hall–Kier alpha value is -2.77. The minimum Gasteiger partial charge on any atom is -0.493 e. The number of piperidine rings is 1. The number of rotatable bonds is 6. The Morgan fingerprint density at radius 3 is 2.38 bits per heavy atom. The second-order valence-electron chi connectivity index (χ2n) is 6.20. The van der Waals surface area contributed by atoms with Crippen LogP contribution < -0.4 is 9.47 Å². The van der Waals surface area contributed by atoms with Gasteiger partial charge in [-0.25, -0.2) is 0 Å². The van der Waals surface area contributed by atoms with Crippen LogP contribution in [-0.4, -0.2) is 73.6 Å². The van der Waals surface area contributed by atoms with Crippen molar-refractivity contribution in [1.29, 1.82) is 0 Å². The molecule has 0 radical (unpaired) electrons. The molecule has 1 aromatic rings. The Morgan fingerprint density at radius 2 is 1.85 bits per heavy atom. The highest BCUT2D eigenvalue weighted by atomic mass is 16.5. The molecule has 8 heteroatoms. The van der Waals surface area contributed by atoms with Gasteiger partial charge in [0.2, 0.25) is 5.91 Å². The van der Waals surface area contributed by atoms with E-state index in [-0.39, 0.29) is 18.4 Å². The van der Waals surface area contributed by atoms with Crippen LogP contribution in [0.3, 0.4) is 0 Å². The van der Waals surface area contributed by atoms with E-state index in [2.05, 4.69) is 0 Å². The third-order valence-corrected chi connectivity index (χ3v) is 4.55. The Kier molecular flexibility index (Phi) is 6.43. The van der Waals surface area contributed by atoms with Crippen molar-refractivity contribution in [2.45, 2.75) is 12.8 Å². The van der Waals surface area contributed by atoms with Gasteiger partial charge >= 0.3 is 5.97 Å². The number of nitrogens with zero attached hydrogens (tertiary/aromatic N) is 2. The van der Waals surface area contributed by atoms with Crippen molar-refractivity contribution in [2.24, 2.45) is 5.92 Å². The maximum Gasteiger partial charge on any atom is 0.306 e. The fourth-order valence-corrected chi connectivity index (χ4v) is 3.01. The molecule has 1 aliphatic heterocycles. The first-order valence-electron chi connectivity index (χ1n) is 8.36. The molecule has 2 rings (SSSR count). The molecule has 1 aliphatic rings. The van der Waals surface area contributed by atoms with E-state index >= 15 is 0 Å². The molecular weight excluding hydrogens is 340 g/mol. The number of likely N-dealkylation sites (N-methyl/N-ethyl adjacent to an activating group) is 1. The van der Waals surface area contributed by atoms with Crippen molar-refractivity contribution in [3.63, 3.8) is 0 Å². The van der Waals surface area contributed by atoms with Crippen LogP contribution in [0.15, 0.2) is 18.2 Å². The average molecular weight is 364 g/mol. The summed E-state index contributed by atoms with van der Waals surface area (Å²) in [4.78, 5) is 39.0. The van der Waals surface area contributed by atoms with E-state index in [1.807, 2.05) is 0 Å². The second kappa shape index (κ2) is 8.55. The van der Waals surface area contributed by atoms with Gasteiger partial charge in [0, 0.05) is 20.1 Å². The number of hydrogen-bond donors (Lipinski definition) is 1. The molecule has 0 aliphatic carbocycles. The lowest BCUT2D eigenvalue weighted by Gasteiger charge is -2.31. The van der Waals surface area contributed by atoms with Crippen LogP contribution in [0.2, 0.25) is 0 Å². The highest BCUT2D eigenvalue weighted by Crippen LogP contribution is 2.31. The van der Waals surface area contributed by atoms with Crippen molar-refractivity contribution in [1.82, 2.24) is 9.80 Å². The lowest BCUT2D eigenvalue weighted by Crippen LogP contribution is -2.45. The smallest absolute Gasteiger partial charge is 0.306 e. The summed E-state index contributed by atoms with van der Waals surface area (Å²) >= 11 is 0. The Morgan fingerprint density at radius 1 is 1.19 bits per heavy atom. The molecule has 0 bridgehead atoms. The molecule has 0 aromatic heterocycles. The zero-order valence-electron chi connectivity index (χ0n) is 15.2. The van der Waals surface area contributed by atoms with Gasteiger partial charge in [0.15, 0.2) is 11.5 Å². The zero-order valence-corrected chi connectivity index (χ0v) is 15.2. The number of aliphatic carboxylic acids is 1. The predicted molar refractivity (Wildman–Crippen MR) is 93.4 cm³/mol. The molecule has 2 amide bonds. The number of benzene rings is 1. The number of carboxylic acid groups (broad SMARTS) is 1. The highest BCUT2D eigenvalue weighted by molar-refractivity contribution is 5.99. The zero-order chi connectivity index (χ0) is 19.3. The average Bonchev–Trinajstić information content (AvgIpc) is 2.66. The molecule has 1 fully saturated rings. The maximum atomic E-state index is 12.7. The summed E-state index contributed by atoms with van der Waals surface area (Å²) in [5.74, 6) is -1.02. The summed E-state index contributed by atoms with van der Waals surface area (Å²) in [5, 5.41) is 9.02. The summed E-state index contributed by atoms with van der Waals surface area (Å²) in [6.07, 6.45) is 0.866. The van der Waals surface area contributed by atoms with E-state index in [0.29, 0.717) is 43.0 Å². The number of carbonyl (C=O) groups excluding carboxylic acids is 2. The summed E-state index contributed by atoms with van der Waals surface area (Å²) in [5.41, 5.74) is 0.312. The van der Waals surface area contributed by atoms with Gasteiger partial charge in [0.1, 0.15) is 0 Å². The normalized spacial score (nSPS) is 14.7. The Bertz CT molecular complexity index is 682. The minimum absolute atomic E-state index is 0.0864. The van der Waals surface area contributed by atoms with Crippen molar-refractivity contribution in [3.8, 4) is 11.5 Å². The van der Waals surface area contributed by atoms with Crippen LogP contribution >= 0.6 is 0 Å². The molecular formula is C18H24N2O6. The fraction of sp³-hybridized carbons (Fsp3) is 0.500. The third-order valence-electron chi connectivity index (χ3n) is 4.55. The van der Waals surface area contributed by atoms with Gasteiger partial charge in [-0.15, -0.1) is 0 Å². The predicted octanol–water partition coefficient (Wildman–Crippen LogP) is 1.10. The number of amides is 2. The first-order chi connectivity index (χ1) is 12.4. The van der Waals surface area contributed by atoms with Gasteiger partial charge < -0.3 is 24.4 Å². The van der Waals surface area contributed by atoms with Crippen LogP contribution in [0.5, 0.6) is 11.5 Å². The standard InChI is InChI=1S/C18H24N2O6/c1-19(11-15(21)20-9-7-12(8-10-20)18(23)24)17(22)13-5-4-6-14(25-2)16(13)26-3/h4-6,12H,7-11H2,1-3H3,(H,23,24). The number of carbonyl (C=O) groups is 3. The molecule has 1 saturated heterocycles. The monoisotopic (exact) mass is 364 g/mol. The van der Waals surface area contributed by atoms with E-state index in [1.165, 1.54) is 19.1 Å². The van der Waals surface area contributed by atoms with Crippen molar-refractivity contribution < 1.29 is 29.0 Å². The quantitative estimate of drug-likeness (QED) is 0.812. The van der Waals surface area contributed by atoms with Gasteiger partial charge in [-0.1, -0.05) is 6.07 Å². The highest BCUT2D eigenvalue weighted by Gasteiger charge is 2.28. The summed E-state index contributed by atoms with van der Waals surface area (Å²) in [6, 6.07) is 4.98. The maximum absolute atomic E-state index is 12.7. The minimum atomic E-state index is -0.825. The number of methoxy groups -OCH3 is 2. The van der Waals surface area contributed by atoms with E-state index < -0.39 is 11.9 Å². The van der Waals surface area contributed by atoms with Crippen LogP contribution in [0.4, 0.5) is 0 Å². The summed E-state index contributed by atoms with van der Waals surface area (Å²) in [6.45, 7) is 0.692. The van der Waals surface area contributed by atoms with E-state index in [4.69, 9.17) is 14.6 Å². The largest absolute Gasteiger partial charge is 0.493 e. The Balaban J connectivity index is 2.01. The number of likely N-dealkylation sites (tertiary alicyclic amines) is 1. The molecule has 1 aromatic carbocycles. The Labute approximate surface area is 152 Å². The van der Waals surface area contributed by atoms with E-state index in [9.17, 15) is 14.4 Å².